The van der Waals surface area contributed by atoms with E-state index in [1.807, 2.05) is 24.3 Å². The minimum atomic E-state index is 0.375. The standard InChI is InChI=1S/C12H14BrClO/c13-8-12(6-1-7-12)9-15-11-4-2-10(14)3-5-11/h2-5H,1,6-9H2. The van der Waals surface area contributed by atoms with E-state index in [0.29, 0.717) is 5.41 Å². The highest BCUT2D eigenvalue weighted by Gasteiger charge is 2.36. The molecule has 0 heterocycles. The number of hydrogen-bond donors (Lipinski definition) is 0. The predicted octanol–water partition coefficient (Wildman–Crippen LogP) is 4.28. The van der Waals surface area contributed by atoms with Crippen LogP contribution in [-0.4, -0.2) is 11.9 Å². The molecule has 1 aromatic rings. The second-order valence-electron chi connectivity index (χ2n) is 4.23. The summed E-state index contributed by atoms with van der Waals surface area (Å²) < 4.78 is 5.77. The zero-order valence-corrected chi connectivity index (χ0v) is 10.9. The Morgan fingerprint density at radius 1 is 1.27 bits per heavy atom. The van der Waals surface area contributed by atoms with Crippen molar-refractivity contribution in [3.8, 4) is 5.75 Å². The Hall–Kier alpha value is -0.210. The number of benzene rings is 1. The van der Waals surface area contributed by atoms with Crippen LogP contribution in [0.1, 0.15) is 19.3 Å². The molecule has 1 aromatic carbocycles. The smallest absolute Gasteiger partial charge is 0.119 e. The van der Waals surface area contributed by atoms with E-state index in [0.717, 1.165) is 22.7 Å². The first kappa shape index (κ1) is 11.3. The van der Waals surface area contributed by atoms with E-state index in [9.17, 15) is 0 Å². The molecule has 0 aromatic heterocycles. The average molecular weight is 290 g/mol. The van der Waals surface area contributed by atoms with E-state index >= 15 is 0 Å². The van der Waals surface area contributed by atoms with Gasteiger partial charge in [-0.05, 0) is 37.1 Å². The van der Waals surface area contributed by atoms with Crippen molar-refractivity contribution < 1.29 is 4.74 Å². The Morgan fingerprint density at radius 3 is 2.40 bits per heavy atom. The highest BCUT2D eigenvalue weighted by Crippen LogP contribution is 2.42. The molecule has 0 spiro atoms. The zero-order valence-electron chi connectivity index (χ0n) is 8.51. The lowest BCUT2D eigenvalue weighted by Gasteiger charge is -2.39. The van der Waals surface area contributed by atoms with Crippen LogP contribution < -0.4 is 4.74 Å². The van der Waals surface area contributed by atoms with Crippen LogP contribution in [0.4, 0.5) is 0 Å². The molecule has 0 saturated heterocycles. The van der Waals surface area contributed by atoms with E-state index in [-0.39, 0.29) is 0 Å². The third-order valence-corrected chi connectivity index (χ3v) is 4.50. The molecule has 2 rings (SSSR count). The van der Waals surface area contributed by atoms with Crippen molar-refractivity contribution in [1.29, 1.82) is 0 Å². The molecule has 1 aliphatic carbocycles. The summed E-state index contributed by atoms with van der Waals surface area (Å²) in [5.74, 6) is 0.909. The van der Waals surface area contributed by atoms with Gasteiger partial charge in [0.1, 0.15) is 5.75 Å². The van der Waals surface area contributed by atoms with Crippen molar-refractivity contribution in [2.75, 3.05) is 11.9 Å². The minimum absolute atomic E-state index is 0.375. The molecular weight excluding hydrogens is 275 g/mol. The van der Waals surface area contributed by atoms with Crippen LogP contribution in [0.3, 0.4) is 0 Å². The molecule has 1 saturated carbocycles. The van der Waals surface area contributed by atoms with Crippen LogP contribution in [0, 0.1) is 5.41 Å². The minimum Gasteiger partial charge on any atom is -0.493 e. The van der Waals surface area contributed by atoms with Crippen LogP contribution in [-0.2, 0) is 0 Å². The molecule has 0 radical (unpaired) electrons. The lowest BCUT2D eigenvalue weighted by atomic mass is 9.71. The molecule has 0 bridgehead atoms. The number of alkyl halides is 1. The average Bonchev–Trinajstić information content (AvgIpc) is 2.20. The van der Waals surface area contributed by atoms with E-state index in [1.54, 1.807) is 0 Å². The number of halogens is 2. The summed E-state index contributed by atoms with van der Waals surface area (Å²) in [6, 6.07) is 7.56. The van der Waals surface area contributed by atoms with Gasteiger partial charge in [-0.1, -0.05) is 34.0 Å². The largest absolute Gasteiger partial charge is 0.493 e. The van der Waals surface area contributed by atoms with Crippen LogP contribution in [0.25, 0.3) is 0 Å². The summed E-state index contributed by atoms with van der Waals surface area (Å²) in [5.41, 5.74) is 0.375. The maximum absolute atomic E-state index is 5.80. The molecule has 0 aliphatic heterocycles. The van der Waals surface area contributed by atoms with Gasteiger partial charge >= 0.3 is 0 Å². The Balaban J connectivity index is 1.90. The Kier molecular flexibility index (Phi) is 3.57. The van der Waals surface area contributed by atoms with Crippen molar-refractivity contribution >= 4 is 27.5 Å². The van der Waals surface area contributed by atoms with Gasteiger partial charge < -0.3 is 4.74 Å². The van der Waals surface area contributed by atoms with Gasteiger partial charge in [0.15, 0.2) is 0 Å². The highest BCUT2D eigenvalue weighted by atomic mass is 79.9. The first-order valence-electron chi connectivity index (χ1n) is 5.18. The van der Waals surface area contributed by atoms with Gasteiger partial charge in [0.05, 0.1) is 6.61 Å². The third-order valence-electron chi connectivity index (χ3n) is 3.06. The van der Waals surface area contributed by atoms with Gasteiger partial charge in [0.2, 0.25) is 0 Å². The maximum atomic E-state index is 5.80. The molecule has 1 nitrogen and oxygen atoms in total. The molecule has 0 atom stereocenters. The summed E-state index contributed by atoms with van der Waals surface area (Å²) >= 11 is 9.37. The summed E-state index contributed by atoms with van der Waals surface area (Å²) in [5, 5.41) is 1.79. The Labute approximate surface area is 104 Å². The van der Waals surface area contributed by atoms with Crippen LogP contribution in [0.15, 0.2) is 24.3 Å². The van der Waals surface area contributed by atoms with E-state index < -0.39 is 0 Å². The van der Waals surface area contributed by atoms with E-state index in [2.05, 4.69) is 15.9 Å². The molecule has 82 valence electrons. The quantitative estimate of drug-likeness (QED) is 0.752. The first-order chi connectivity index (χ1) is 7.24. The SMILES string of the molecule is Clc1ccc(OCC2(CBr)CCC2)cc1. The number of hydrogen-bond acceptors (Lipinski definition) is 1. The molecule has 0 N–H and O–H groups in total. The highest BCUT2D eigenvalue weighted by molar-refractivity contribution is 9.09. The second kappa shape index (κ2) is 4.75. The molecule has 1 aliphatic rings. The van der Waals surface area contributed by atoms with Gasteiger partial charge in [0.25, 0.3) is 0 Å². The Morgan fingerprint density at radius 2 is 1.93 bits per heavy atom. The summed E-state index contributed by atoms with van der Waals surface area (Å²) in [6.45, 7) is 0.805. The van der Waals surface area contributed by atoms with Crippen LogP contribution in [0.5, 0.6) is 5.75 Å². The van der Waals surface area contributed by atoms with Gasteiger partial charge in [0, 0.05) is 15.8 Å². The normalized spacial score (nSPS) is 18.3. The van der Waals surface area contributed by atoms with Crippen molar-refractivity contribution in [2.24, 2.45) is 5.41 Å². The van der Waals surface area contributed by atoms with Crippen molar-refractivity contribution in [2.45, 2.75) is 19.3 Å². The molecule has 1 fully saturated rings. The Bertz CT molecular complexity index is 313. The molecule has 0 unspecified atom stereocenters. The summed E-state index contributed by atoms with van der Waals surface area (Å²) in [6.07, 6.45) is 3.87. The van der Waals surface area contributed by atoms with Crippen molar-refractivity contribution in [3.05, 3.63) is 29.3 Å². The van der Waals surface area contributed by atoms with Crippen molar-refractivity contribution in [3.63, 3.8) is 0 Å². The lowest BCUT2D eigenvalue weighted by Crippen LogP contribution is -2.37. The molecular formula is C12H14BrClO. The monoisotopic (exact) mass is 288 g/mol. The first-order valence-corrected chi connectivity index (χ1v) is 6.68. The predicted molar refractivity (Wildman–Crippen MR) is 67.0 cm³/mol. The summed E-state index contributed by atoms with van der Waals surface area (Å²) in [7, 11) is 0. The molecule has 0 amide bonds. The fourth-order valence-corrected chi connectivity index (χ4v) is 2.61. The van der Waals surface area contributed by atoms with E-state index in [1.165, 1.54) is 19.3 Å². The van der Waals surface area contributed by atoms with E-state index in [4.69, 9.17) is 16.3 Å². The fraction of sp³-hybridized carbons (Fsp3) is 0.500. The third kappa shape index (κ3) is 2.67. The lowest BCUT2D eigenvalue weighted by molar-refractivity contribution is 0.0838. The van der Waals surface area contributed by atoms with Crippen LogP contribution >= 0.6 is 27.5 Å². The van der Waals surface area contributed by atoms with Gasteiger partial charge in [-0.25, -0.2) is 0 Å². The summed E-state index contributed by atoms with van der Waals surface area (Å²) in [4.78, 5) is 0. The topological polar surface area (TPSA) is 9.23 Å². The van der Waals surface area contributed by atoms with Gasteiger partial charge in [-0.3, -0.25) is 0 Å². The second-order valence-corrected chi connectivity index (χ2v) is 5.23. The van der Waals surface area contributed by atoms with Crippen molar-refractivity contribution in [1.82, 2.24) is 0 Å². The number of ether oxygens (including phenoxy) is 1. The van der Waals surface area contributed by atoms with Crippen LogP contribution in [0.2, 0.25) is 5.02 Å². The maximum Gasteiger partial charge on any atom is 0.119 e. The molecule has 15 heavy (non-hydrogen) atoms. The fourth-order valence-electron chi connectivity index (χ4n) is 1.76. The molecule has 3 heteroatoms. The van der Waals surface area contributed by atoms with Gasteiger partial charge in [-0.2, -0.15) is 0 Å². The number of rotatable bonds is 4. The van der Waals surface area contributed by atoms with Gasteiger partial charge in [-0.15, -0.1) is 0 Å². The zero-order chi connectivity index (χ0) is 10.7.